The van der Waals surface area contributed by atoms with Gasteiger partial charge in [-0.25, -0.2) is 4.79 Å². The summed E-state index contributed by atoms with van der Waals surface area (Å²) >= 11 is 0. The molecule has 3 rings (SSSR count). The van der Waals surface area contributed by atoms with Gasteiger partial charge >= 0.3 is 6.09 Å². The van der Waals surface area contributed by atoms with E-state index < -0.39 is 5.60 Å². The lowest BCUT2D eigenvalue weighted by molar-refractivity contribution is 0.0237. The van der Waals surface area contributed by atoms with Gasteiger partial charge in [0.2, 0.25) is 0 Å². The lowest BCUT2D eigenvalue weighted by atomic mass is 10.2. The number of nitrogens with one attached hydrogen (secondary N) is 1. The Morgan fingerprint density at radius 3 is 2.62 bits per heavy atom. The zero-order valence-electron chi connectivity index (χ0n) is 18.1. The summed E-state index contributed by atoms with van der Waals surface area (Å²) in [5.41, 5.74) is 0.488. The second-order valence-corrected chi connectivity index (χ2v) is 8.63. The van der Waals surface area contributed by atoms with Crippen LogP contribution in [0.5, 0.6) is 0 Å². The SMILES string of the molecule is CN=C(NCCN(C(=O)OC(C)(C)C)C1CC1)N1CCN(Cc2ccon2)CC1. The maximum Gasteiger partial charge on any atom is 0.410 e. The van der Waals surface area contributed by atoms with Crippen LogP contribution >= 0.6 is 0 Å². The highest BCUT2D eigenvalue weighted by Crippen LogP contribution is 2.28. The van der Waals surface area contributed by atoms with Crippen LogP contribution in [0.15, 0.2) is 21.8 Å². The van der Waals surface area contributed by atoms with E-state index in [1.54, 1.807) is 13.3 Å². The lowest BCUT2D eigenvalue weighted by Crippen LogP contribution is -2.53. The smallest absolute Gasteiger partial charge is 0.410 e. The summed E-state index contributed by atoms with van der Waals surface area (Å²) in [5.74, 6) is 0.881. The quantitative estimate of drug-likeness (QED) is 0.569. The van der Waals surface area contributed by atoms with Gasteiger partial charge in [-0.15, -0.1) is 0 Å². The van der Waals surface area contributed by atoms with Crippen molar-refractivity contribution in [2.75, 3.05) is 46.3 Å². The highest BCUT2D eigenvalue weighted by molar-refractivity contribution is 5.80. The van der Waals surface area contributed by atoms with E-state index in [9.17, 15) is 4.79 Å². The molecule has 0 bridgehead atoms. The number of carbonyl (C=O) groups is 1. The number of amides is 1. The first kappa shape index (κ1) is 21.4. The Labute approximate surface area is 173 Å². The first-order valence-corrected chi connectivity index (χ1v) is 10.4. The van der Waals surface area contributed by atoms with Crippen LogP contribution in [0.3, 0.4) is 0 Å². The van der Waals surface area contributed by atoms with Gasteiger partial charge in [-0.2, -0.15) is 0 Å². The van der Waals surface area contributed by atoms with Crippen molar-refractivity contribution in [3.05, 3.63) is 18.0 Å². The molecule has 1 aliphatic carbocycles. The number of carbonyl (C=O) groups excluding carboxylic acids is 1. The van der Waals surface area contributed by atoms with Crippen LogP contribution < -0.4 is 5.32 Å². The molecule has 1 aromatic rings. The van der Waals surface area contributed by atoms with E-state index in [0.717, 1.165) is 57.2 Å². The number of aromatic nitrogens is 1. The third-order valence-corrected chi connectivity index (χ3v) is 5.01. The number of ether oxygens (including phenoxy) is 1. The predicted molar refractivity (Wildman–Crippen MR) is 111 cm³/mol. The van der Waals surface area contributed by atoms with Crippen molar-refractivity contribution in [2.24, 2.45) is 4.99 Å². The normalized spacial score (nSPS) is 18.6. The van der Waals surface area contributed by atoms with Gasteiger partial charge in [0.15, 0.2) is 5.96 Å². The predicted octanol–water partition coefficient (Wildman–Crippen LogP) is 1.77. The summed E-state index contributed by atoms with van der Waals surface area (Å²) in [4.78, 5) is 23.4. The monoisotopic (exact) mass is 406 g/mol. The summed E-state index contributed by atoms with van der Waals surface area (Å²) in [5, 5.41) is 7.40. The van der Waals surface area contributed by atoms with Gasteiger partial charge in [-0.3, -0.25) is 9.89 Å². The van der Waals surface area contributed by atoms with Crippen molar-refractivity contribution < 1.29 is 14.1 Å². The van der Waals surface area contributed by atoms with Crippen LogP contribution in [0.1, 0.15) is 39.3 Å². The van der Waals surface area contributed by atoms with Gasteiger partial charge in [0, 0.05) is 65.0 Å². The maximum absolute atomic E-state index is 12.5. The van der Waals surface area contributed by atoms with E-state index >= 15 is 0 Å². The average Bonchev–Trinajstić information content (AvgIpc) is 3.37. The average molecular weight is 407 g/mol. The van der Waals surface area contributed by atoms with E-state index in [1.807, 2.05) is 31.7 Å². The second-order valence-electron chi connectivity index (χ2n) is 8.63. The molecule has 0 unspecified atom stereocenters. The molecule has 1 saturated carbocycles. The Balaban J connectivity index is 1.42. The van der Waals surface area contributed by atoms with Gasteiger partial charge in [-0.05, 0) is 33.6 Å². The molecule has 2 aliphatic rings. The van der Waals surface area contributed by atoms with Crippen molar-refractivity contribution in [3.63, 3.8) is 0 Å². The summed E-state index contributed by atoms with van der Waals surface area (Å²) < 4.78 is 10.5. The fraction of sp³-hybridized carbons (Fsp3) is 0.750. The molecular weight excluding hydrogens is 372 g/mol. The number of aliphatic imine (C=N–C) groups is 1. The molecule has 1 aromatic heterocycles. The molecule has 1 saturated heterocycles. The maximum atomic E-state index is 12.5. The van der Waals surface area contributed by atoms with Crippen LogP contribution in [0.4, 0.5) is 4.79 Å². The number of piperazine rings is 1. The lowest BCUT2D eigenvalue weighted by Gasteiger charge is -2.36. The van der Waals surface area contributed by atoms with Crippen molar-refractivity contribution in [1.29, 1.82) is 0 Å². The van der Waals surface area contributed by atoms with E-state index in [0.29, 0.717) is 19.1 Å². The summed E-state index contributed by atoms with van der Waals surface area (Å²) in [6.45, 7) is 11.5. The molecule has 0 spiro atoms. The van der Waals surface area contributed by atoms with Crippen LogP contribution in [0, 0.1) is 0 Å². The molecule has 1 N–H and O–H groups in total. The zero-order chi connectivity index (χ0) is 20.9. The molecule has 29 heavy (non-hydrogen) atoms. The van der Waals surface area contributed by atoms with E-state index in [4.69, 9.17) is 9.26 Å². The minimum Gasteiger partial charge on any atom is -0.444 e. The molecular formula is C20H34N6O3. The van der Waals surface area contributed by atoms with Gasteiger partial charge in [0.1, 0.15) is 11.9 Å². The van der Waals surface area contributed by atoms with E-state index in [2.05, 4.69) is 25.3 Å². The Morgan fingerprint density at radius 1 is 1.34 bits per heavy atom. The molecule has 1 aliphatic heterocycles. The fourth-order valence-corrected chi connectivity index (χ4v) is 3.42. The Hall–Kier alpha value is -2.29. The third kappa shape index (κ3) is 6.62. The molecule has 2 heterocycles. The van der Waals surface area contributed by atoms with Crippen LogP contribution in [0.2, 0.25) is 0 Å². The Morgan fingerprint density at radius 2 is 2.07 bits per heavy atom. The highest BCUT2D eigenvalue weighted by Gasteiger charge is 2.35. The summed E-state index contributed by atoms with van der Waals surface area (Å²) in [7, 11) is 1.80. The highest BCUT2D eigenvalue weighted by atomic mass is 16.6. The van der Waals surface area contributed by atoms with Gasteiger partial charge in [0.25, 0.3) is 0 Å². The Kier molecular flexibility index (Phi) is 7.00. The molecule has 0 radical (unpaired) electrons. The standard InChI is InChI=1S/C20H34N6O3/c1-20(2,3)29-19(27)26(17-5-6-17)9-8-22-18(21-4)25-12-10-24(11-13-25)15-16-7-14-28-23-16/h7,14,17H,5-6,8-13,15H2,1-4H3,(H,21,22). The van der Waals surface area contributed by atoms with Gasteiger partial charge < -0.3 is 24.4 Å². The largest absolute Gasteiger partial charge is 0.444 e. The first-order chi connectivity index (χ1) is 13.9. The summed E-state index contributed by atoms with van der Waals surface area (Å²) in [6.07, 6.45) is 3.50. The van der Waals surface area contributed by atoms with Crippen LogP contribution in [0.25, 0.3) is 0 Å². The number of nitrogens with zero attached hydrogens (tertiary/aromatic N) is 5. The van der Waals surface area contributed by atoms with Crippen molar-refractivity contribution >= 4 is 12.1 Å². The minimum atomic E-state index is -0.473. The number of hydrogen-bond acceptors (Lipinski definition) is 6. The Bertz CT molecular complexity index is 673. The van der Waals surface area contributed by atoms with E-state index in [1.165, 1.54) is 0 Å². The molecule has 162 valence electrons. The van der Waals surface area contributed by atoms with E-state index in [-0.39, 0.29) is 6.09 Å². The molecule has 2 fully saturated rings. The molecule has 9 heteroatoms. The number of guanidine groups is 1. The molecule has 1 amide bonds. The number of hydrogen-bond donors (Lipinski definition) is 1. The molecule has 0 atom stereocenters. The zero-order valence-corrected chi connectivity index (χ0v) is 18.1. The molecule has 0 aromatic carbocycles. The van der Waals surface area contributed by atoms with Crippen molar-refractivity contribution in [2.45, 2.75) is 51.8 Å². The summed E-state index contributed by atoms with van der Waals surface area (Å²) in [6, 6.07) is 2.22. The second kappa shape index (κ2) is 9.47. The first-order valence-electron chi connectivity index (χ1n) is 10.4. The van der Waals surface area contributed by atoms with Crippen molar-refractivity contribution in [3.8, 4) is 0 Å². The van der Waals surface area contributed by atoms with Gasteiger partial charge in [0.05, 0.1) is 5.69 Å². The number of rotatable bonds is 6. The third-order valence-electron chi connectivity index (χ3n) is 5.01. The van der Waals surface area contributed by atoms with Crippen LogP contribution in [-0.2, 0) is 11.3 Å². The van der Waals surface area contributed by atoms with Gasteiger partial charge in [-0.1, -0.05) is 5.16 Å². The van der Waals surface area contributed by atoms with Crippen LogP contribution in [-0.4, -0.2) is 89.9 Å². The fourth-order valence-electron chi connectivity index (χ4n) is 3.42. The minimum absolute atomic E-state index is 0.224. The topological polar surface area (TPSA) is 86.4 Å². The van der Waals surface area contributed by atoms with Crippen molar-refractivity contribution in [1.82, 2.24) is 25.2 Å². The molecule has 9 nitrogen and oxygen atoms in total.